The highest BCUT2D eigenvalue weighted by Crippen LogP contribution is 2.07. The molecule has 0 spiro atoms. The summed E-state index contributed by atoms with van der Waals surface area (Å²) in [7, 11) is 0. The van der Waals surface area contributed by atoms with E-state index in [4.69, 9.17) is 16.6 Å². The maximum Gasteiger partial charge on any atom is 0.326 e. The van der Waals surface area contributed by atoms with Gasteiger partial charge in [-0.15, -0.1) is 0 Å². The zero-order valence-electron chi connectivity index (χ0n) is 19.5. The van der Waals surface area contributed by atoms with Gasteiger partial charge in [-0.05, 0) is 45.6 Å². The van der Waals surface area contributed by atoms with Gasteiger partial charge in [0.15, 0.2) is 5.96 Å². The summed E-state index contributed by atoms with van der Waals surface area (Å²) in [5, 5.41) is 38.3. The second-order valence-electron chi connectivity index (χ2n) is 8.22. The molecule has 15 heteroatoms. The molecule has 15 nitrogen and oxygen atoms in total. The number of carbonyl (C=O) groups excluding carboxylic acids is 3. The number of nitrogens with one attached hydrogen (secondary N) is 4. The van der Waals surface area contributed by atoms with Gasteiger partial charge in [0.2, 0.25) is 17.7 Å². The van der Waals surface area contributed by atoms with Crippen LogP contribution in [0.4, 0.5) is 0 Å². The maximum atomic E-state index is 12.9. The molecule has 1 rings (SSSR count). The summed E-state index contributed by atoms with van der Waals surface area (Å²) in [6.45, 7) is 2.06. The summed E-state index contributed by atoms with van der Waals surface area (Å²) < 4.78 is 0. The molecular weight excluding hydrogens is 466 g/mol. The Hall–Kier alpha value is -3.46. The lowest BCUT2D eigenvalue weighted by Gasteiger charge is -2.26. The van der Waals surface area contributed by atoms with E-state index in [1.165, 1.54) is 6.92 Å². The summed E-state index contributed by atoms with van der Waals surface area (Å²) in [6, 6.07) is -4.66. The number of hydrogen-bond donors (Lipinski definition) is 9. The zero-order chi connectivity index (χ0) is 26.5. The van der Waals surface area contributed by atoms with E-state index >= 15 is 0 Å². The fourth-order valence-corrected chi connectivity index (χ4v) is 3.40. The number of rotatable bonds is 15. The van der Waals surface area contributed by atoms with Gasteiger partial charge in [0.25, 0.3) is 0 Å². The first-order valence-electron chi connectivity index (χ1n) is 11.2. The van der Waals surface area contributed by atoms with E-state index in [0.717, 1.165) is 6.42 Å². The number of carboxylic acid groups (broad SMARTS) is 2. The van der Waals surface area contributed by atoms with Crippen LogP contribution in [0.1, 0.15) is 45.4 Å². The number of aliphatic imine (C=N–C) groups is 1. The molecule has 198 valence electrons. The normalized spacial score (nSPS) is 18.4. The third-order valence-electron chi connectivity index (χ3n) is 5.28. The second kappa shape index (κ2) is 14.7. The molecule has 0 bridgehead atoms. The number of carboxylic acids is 2. The van der Waals surface area contributed by atoms with Crippen molar-refractivity contribution in [1.29, 1.82) is 0 Å². The number of aliphatic hydroxyl groups is 1. The van der Waals surface area contributed by atoms with E-state index in [0.29, 0.717) is 13.0 Å². The molecule has 1 aliphatic heterocycles. The monoisotopic (exact) mass is 501 g/mol. The van der Waals surface area contributed by atoms with Gasteiger partial charge in [-0.1, -0.05) is 0 Å². The minimum absolute atomic E-state index is 0.00964. The molecule has 0 aromatic rings. The Balaban J connectivity index is 2.94. The summed E-state index contributed by atoms with van der Waals surface area (Å²) in [5.41, 5.74) is 10.5. The van der Waals surface area contributed by atoms with Crippen LogP contribution in [0.2, 0.25) is 0 Å². The predicted octanol–water partition coefficient (Wildman–Crippen LogP) is -3.42. The molecule has 5 atom stereocenters. The van der Waals surface area contributed by atoms with Crippen LogP contribution in [-0.4, -0.2) is 94.3 Å². The molecule has 11 N–H and O–H groups in total. The number of guanidine groups is 1. The highest BCUT2D eigenvalue weighted by Gasteiger charge is 2.33. The van der Waals surface area contributed by atoms with Crippen LogP contribution in [0.3, 0.4) is 0 Å². The molecule has 0 aliphatic carbocycles. The van der Waals surface area contributed by atoms with Gasteiger partial charge >= 0.3 is 11.9 Å². The van der Waals surface area contributed by atoms with Crippen molar-refractivity contribution in [1.82, 2.24) is 21.3 Å². The zero-order valence-corrected chi connectivity index (χ0v) is 19.5. The van der Waals surface area contributed by atoms with Gasteiger partial charge in [0.05, 0.1) is 12.1 Å². The quantitative estimate of drug-likeness (QED) is 0.0606. The first-order valence-corrected chi connectivity index (χ1v) is 11.2. The topological polar surface area (TPSA) is 259 Å². The number of aliphatic carboxylic acids is 2. The molecule has 1 saturated heterocycles. The van der Waals surface area contributed by atoms with Crippen LogP contribution in [0.15, 0.2) is 4.99 Å². The number of aliphatic hydroxyl groups excluding tert-OH is 1. The van der Waals surface area contributed by atoms with Gasteiger partial charge in [-0.25, -0.2) is 4.79 Å². The Labute approximate surface area is 202 Å². The minimum atomic E-state index is -1.50. The van der Waals surface area contributed by atoms with Gasteiger partial charge in [0, 0.05) is 13.0 Å². The molecule has 0 radical (unpaired) electrons. The average Bonchev–Trinajstić information content (AvgIpc) is 3.30. The van der Waals surface area contributed by atoms with E-state index in [9.17, 15) is 34.2 Å². The van der Waals surface area contributed by atoms with E-state index < -0.39 is 66.4 Å². The van der Waals surface area contributed by atoms with E-state index in [1.807, 2.05) is 0 Å². The lowest BCUT2D eigenvalue weighted by atomic mass is 10.1. The largest absolute Gasteiger partial charge is 0.481 e. The van der Waals surface area contributed by atoms with Crippen LogP contribution in [0, 0.1) is 0 Å². The smallest absolute Gasteiger partial charge is 0.326 e. The van der Waals surface area contributed by atoms with Crippen LogP contribution < -0.4 is 32.7 Å². The molecule has 0 saturated carbocycles. The fraction of sp³-hybridized carbons (Fsp3) is 0.700. The lowest BCUT2D eigenvalue weighted by molar-refractivity contribution is -0.143. The van der Waals surface area contributed by atoms with Crippen molar-refractivity contribution >= 4 is 35.6 Å². The molecule has 35 heavy (non-hydrogen) atoms. The molecule has 3 amide bonds. The molecule has 0 aromatic carbocycles. The summed E-state index contributed by atoms with van der Waals surface area (Å²) in [4.78, 5) is 64.1. The number of amides is 3. The fourth-order valence-electron chi connectivity index (χ4n) is 3.40. The van der Waals surface area contributed by atoms with Gasteiger partial charge in [-0.3, -0.25) is 24.2 Å². The Bertz CT molecular complexity index is 794. The third-order valence-corrected chi connectivity index (χ3v) is 5.28. The van der Waals surface area contributed by atoms with Crippen molar-refractivity contribution in [3.05, 3.63) is 0 Å². The van der Waals surface area contributed by atoms with Crippen molar-refractivity contribution < 1.29 is 39.3 Å². The number of nitrogens with zero attached hydrogens (tertiary/aromatic N) is 1. The summed E-state index contributed by atoms with van der Waals surface area (Å²) in [6.07, 6.45) is -0.592. The van der Waals surface area contributed by atoms with Crippen molar-refractivity contribution in [2.75, 3.05) is 13.1 Å². The highest BCUT2D eigenvalue weighted by atomic mass is 16.4. The van der Waals surface area contributed by atoms with E-state index in [1.54, 1.807) is 0 Å². The van der Waals surface area contributed by atoms with Crippen molar-refractivity contribution in [3.8, 4) is 0 Å². The standard InChI is InChI=1S/C20H35N7O8/c1-10(28)15(27-16(31)11-4-2-8-23-11)18(33)25-12(5-3-9-24-20(21)22)17(32)26-13(19(34)35)6-7-14(29)30/h10-13,15,23,28H,2-9H2,1H3,(H,25,33)(H,26,32)(H,27,31)(H,29,30)(H,34,35)(H4,21,22,24). The summed E-state index contributed by atoms with van der Waals surface area (Å²) in [5.74, 6) is -5.06. The second-order valence-corrected chi connectivity index (χ2v) is 8.22. The molecule has 1 aliphatic rings. The third kappa shape index (κ3) is 11.0. The van der Waals surface area contributed by atoms with Crippen LogP contribution in [0.5, 0.6) is 0 Å². The molecule has 0 aromatic heterocycles. The van der Waals surface area contributed by atoms with E-state index in [2.05, 4.69) is 26.3 Å². The molecule has 1 heterocycles. The number of carbonyl (C=O) groups is 5. The van der Waals surface area contributed by atoms with Crippen molar-refractivity contribution in [2.24, 2.45) is 16.5 Å². The van der Waals surface area contributed by atoms with Gasteiger partial charge in [-0.2, -0.15) is 0 Å². The van der Waals surface area contributed by atoms with Crippen molar-refractivity contribution in [3.63, 3.8) is 0 Å². The van der Waals surface area contributed by atoms with E-state index in [-0.39, 0.29) is 31.8 Å². The molecular formula is C20H35N7O8. The maximum absolute atomic E-state index is 12.9. The van der Waals surface area contributed by atoms with Crippen LogP contribution >= 0.6 is 0 Å². The highest BCUT2D eigenvalue weighted by molar-refractivity contribution is 5.94. The lowest BCUT2D eigenvalue weighted by Crippen LogP contribution is -2.59. The Kier molecular flexibility index (Phi) is 12.4. The number of nitrogens with two attached hydrogens (primary N) is 2. The minimum Gasteiger partial charge on any atom is -0.481 e. The average molecular weight is 502 g/mol. The molecule has 5 unspecified atom stereocenters. The summed E-state index contributed by atoms with van der Waals surface area (Å²) >= 11 is 0. The Morgan fingerprint density at radius 2 is 1.69 bits per heavy atom. The predicted molar refractivity (Wildman–Crippen MR) is 123 cm³/mol. The number of hydrogen-bond acceptors (Lipinski definition) is 8. The van der Waals surface area contributed by atoms with Crippen molar-refractivity contribution in [2.45, 2.75) is 75.7 Å². The first-order chi connectivity index (χ1) is 16.4. The Morgan fingerprint density at radius 1 is 1.03 bits per heavy atom. The van der Waals surface area contributed by atoms with Crippen LogP contribution in [0.25, 0.3) is 0 Å². The SMILES string of the molecule is CC(O)C(NC(=O)C1CCCN1)C(=O)NC(CCCN=C(N)N)C(=O)NC(CCC(=O)O)C(=O)O. The van der Waals surface area contributed by atoms with Gasteiger partial charge < -0.3 is 48.1 Å². The molecule has 1 fully saturated rings. The van der Waals surface area contributed by atoms with Crippen LogP contribution in [-0.2, 0) is 24.0 Å². The van der Waals surface area contributed by atoms with Gasteiger partial charge in [0.1, 0.15) is 18.1 Å². The Morgan fingerprint density at radius 3 is 2.20 bits per heavy atom. The first kappa shape index (κ1) is 29.6.